The Labute approximate surface area is 190 Å². The number of fused-ring (bicyclic) bond motifs is 1. The molecule has 3 heterocycles. The highest BCUT2D eigenvalue weighted by molar-refractivity contribution is 9.10. The molecule has 0 aliphatic carbocycles. The molecule has 1 aromatic carbocycles. The van der Waals surface area contributed by atoms with Gasteiger partial charge in [0.2, 0.25) is 0 Å². The standard InChI is InChI=1S/C24H28BrFN4O/c1-15(2)11-18-13-22(24(31)29-10-6-4-5-7-16(29)3)27-23-14-21(28-30(18)23)19-9-8-17(25)12-20(19)26/h8-9,12-16H,4-7,10-11H2,1-3H3. The lowest BCUT2D eigenvalue weighted by atomic mass is 10.1. The summed E-state index contributed by atoms with van der Waals surface area (Å²) in [7, 11) is 0. The van der Waals surface area contributed by atoms with Crippen molar-refractivity contribution in [2.45, 2.75) is 58.9 Å². The fourth-order valence-corrected chi connectivity index (χ4v) is 4.60. The number of nitrogens with zero attached hydrogens (tertiary/aromatic N) is 4. The SMILES string of the molecule is CC(C)Cc1cc(C(=O)N2CCCCCC2C)nc2cc(-c3ccc(Br)cc3F)nn12. The number of benzene rings is 1. The number of amides is 1. The van der Waals surface area contributed by atoms with Crippen LogP contribution in [0, 0.1) is 11.7 Å². The van der Waals surface area contributed by atoms with Crippen molar-refractivity contribution in [3.05, 3.63) is 52.0 Å². The van der Waals surface area contributed by atoms with Crippen LogP contribution in [0.3, 0.4) is 0 Å². The molecule has 7 heteroatoms. The summed E-state index contributed by atoms with van der Waals surface area (Å²) in [4.78, 5) is 20.0. The van der Waals surface area contributed by atoms with Crippen molar-refractivity contribution >= 4 is 27.5 Å². The number of carbonyl (C=O) groups is 1. The second-order valence-corrected chi connectivity index (χ2v) is 9.77. The van der Waals surface area contributed by atoms with E-state index in [1.54, 1.807) is 22.7 Å². The van der Waals surface area contributed by atoms with Gasteiger partial charge >= 0.3 is 0 Å². The number of hydrogen-bond donors (Lipinski definition) is 0. The first kappa shape index (κ1) is 21.9. The van der Waals surface area contributed by atoms with E-state index in [0.717, 1.165) is 44.3 Å². The molecule has 1 aliphatic heterocycles. The zero-order chi connectivity index (χ0) is 22.1. The molecule has 0 saturated carbocycles. The van der Waals surface area contributed by atoms with Crippen LogP contribution >= 0.6 is 15.9 Å². The Morgan fingerprint density at radius 1 is 1.23 bits per heavy atom. The number of aromatic nitrogens is 3. The summed E-state index contributed by atoms with van der Waals surface area (Å²) in [6.45, 7) is 7.14. The number of halogens is 2. The van der Waals surface area contributed by atoms with Crippen molar-refractivity contribution in [3.8, 4) is 11.3 Å². The Morgan fingerprint density at radius 3 is 2.77 bits per heavy atom. The number of hydrogen-bond acceptors (Lipinski definition) is 3. The monoisotopic (exact) mass is 486 g/mol. The van der Waals surface area contributed by atoms with Gasteiger partial charge in [-0.25, -0.2) is 13.9 Å². The maximum Gasteiger partial charge on any atom is 0.272 e. The Morgan fingerprint density at radius 2 is 2.03 bits per heavy atom. The molecule has 4 rings (SSSR count). The van der Waals surface area contributed by atoms with E-state index >= 15 is 0 Å². The van der Waals surface area contributed by atoms with Crippen molar-refractivity contribution in [1.29, 1.82) is 0 Å². The van der Waals surface area contributed by atoms with Crippen molar-refractivity contribution in [1.82, 2.24) is 19.5 Å². The van der Waals surface area contributed by atoms with E-state index in [4.69, 9.17) is 0 Å². The van der Waals surface area contributed by atoms with Crippen LogP contribution in [0.25, 0.3) is 16.9 Å². The highest BCUT2D eigenvalue weighted by Crippen LogP contribution is 2.27. The molecule has 1 fully saturated rings. The normalized spacial score (nSPS) is 17.4. The molecule has 5 nitrogen and oxygen atoms in total. The van der Waals surface area contributed by atoms with Crippen LogP contribution in [0.15, 0.2) is 34.8 Å². The van der Waals surface area contributed by atoms with E-state index in [9.17, 15) is 9.18 Å². The molecule has 1 atom stereocenters. The van der Waals surface area contributed by atoms with Gasteiger partial charge < -0.3 is 4.90 Å². The maximum atomic E-state index is 14.5. The van der Waals surface area contributed by atoms with Gasteiger partial charge in [-0.1, -0.05) is 42.6 Å². The Hall–Kier alpha value is -2.28. The summed E-state index contributed by atoms with van der Waals surface area (Å²) in [6.07, 6.45) is 5.10. The molecule has 1 saturated heterocycles. The second kappa shape index (κ2) is 9.07. The molecular formula is C24H28BrFN4O. The van der Waals surface area contributed by atoms with Crippen molar-refractivity contribution in [2.75, 3.05) is 6.54 Å². The van der Waals surface area contributed by atoms with Crippen LogP contribution < -0.4 is 0 Å². The Kier molecular flexibility index (Phi) is 6.42. The number of rotatable bonds is 4. The molecule has 31 heavy (non-hydrogen) atoms. The van der Waals surface area contributed by atoms with E-state index in [1.165, 1.54) is 6.07 Å². The van der Waals surface area contributed by atoms with Gasteiger partial charge in [-0.05, 0) is 56.4 Å². The fourth-order valence-electron chi connectivity index (χ4n) is 4.26. The summed E-state index contributed by atoms with van der Waals surface area (Å²) in [5.74, 6) is 0.0000829. The van der Waals surface area contributed by atoms with Gasteiger partial charge in [0, 0.05) is 34.4 Å². The predicted octanol–water partition coefficient (Wildman–Crippen LogP) is 5.90. The largest absolute Gasteiger partial charge is 0.335 e. The van der Waals surface area contributed by atoms with Crippen molar-refractivity contribution in [3.63, 3.8) is 0 Å². The summed E-state index contributed by atoms with van der Waals surface area (Å²) in [5, 5.41) is 4.64. The Bertz CT molecular complexity index is 1110. The minimum atomic E-state index is -0.349. The molecule has 3 aromatic rings. The zero-order valence-corrected chi connectivity index (χ0v) is 19.8. The molecule has 1 unspecified atom stereocenters. The minimum absolute atomic E-state index is 0.0283. The lowest BCUT2D eigenvalue weighted by molar-refractivity contribution is 0.0691. The van der Waals surface area contributed by atoms with Gasteiger partial charge in [0.25, 0.3) is 5.91 Å². The van der Waals surface area contributed by atoms with Crippen molar-refractivity contribution in [2.24, 2.45) is 5.92 Å². The number of likely N-dealkylation sites (tertiary alicyclic amines) is 1. The third kappa shape index (κ3) is 4.66. The lowest BCUT2D eigenvalue weighted by Crippen LogP contribution is -2.38. The molecular weight excluding hydrogens is 459 g/mol. The van der Waals surface area contributed by atoms with Gasteiger partial charge in [0.1, 0.15) is 11.5 Å². The van der Waals surface area contributed by atoms with Crippen LogP contribution in [0.2, 0.25) is 0 Å². The van der Waals surface area contributed by atoms with Gasteiger partial charge in [0.05, 0.1) is 5.69 Å². The summed E-state index contributed by atoms with van der Waals surface area (Å²) < 4.78 is 17.0. The summed E-state index contributed by atoms with van der Waals surface area (Å²) in [6, 6.07) is 8.76. The summed E-state index contributed by atoms with van der Waals surface area (Å²) in [5.41, 5.74) is 2.85. The van der Waals surface area contributed by atoms with E-state index in [0.29, 0.717) is 33.0 Å². The average molecular weight is 487 g/mol. The van der Waals surface area contributed by atoms with E-state index in [-0.39, 0.29) is 17.8 Å². The highest BCUT2D eigenvalue weighted by atomic mass is 79.9. The predicted molar refractivity (Wildman–Crippen MR) is 124 cm³/mol. The third-order valence-electron chi connectivity index (χ3n) is 5.86. The number of carbonyl (C=O) groups excluding carboxylic acids is 1. The van der Waals surface area contributed by atoms with Crippen LogP contribution in [0.5, 0.6) is 0 Å². The maximum absolute atomic E-state index is 14.5. The van der Waals surface area contributed by atoms with Crippen LogP contribution in [0.4, 0.5) is 4.39 Å². The smallest absolute Gasteiger partial charge is 0.272 e. The summed E-state index contributed by atoms with van der Waals surface area (Å²) >= 11 is 3.30. The molecule has 164 valence electrons. The average Bonchev–Trinajstić information content (AvgIpc) is 3.02. The molecule has 2 aromatic heterocycles. The third-order valence-corrected chi connectivity index (χ3v) is 6.35. The van der Waals surface area contributed by atoms with Gasteiger partial charge in [0.15, 0.2) is 5.65 Å². The highest BCUT2D eigenvalue weighted by Gasteiger charge is 2.25. The first-order valence-electron chi connectivity index (χ1n) is 11.0. The van der Waals surface area contributed by atoms with Crippen LogP contribution in [0.1, 0.15) is 62.6 Å². The van der Waals surface area contributed by atoms with E-state index in [1.807, 2.05) is 11.0 Å². The van der Waals surface area contributed by atoms with E-state index < -0.39 is 0 Å². The molecule has 0 spiro atoms. The molecule has 0 radical (unpaired) electrons. The molecule has 1 aliphatic rings. The van der Waals surface area contributed by atoms with Crippen LogP contribution in [-0.4, -0.2) is 38.0 Å². The van der Waals surface area contributed by atoms with Gasteiger partial charge in [-0.15, -0.1) is 0 Å². The van der Waals surface area contributed by atoms with Gasteiger partial charge in [-0.3, -0.25) is 4.79 Å². The quantitative estimate of drug-likeness (QED) is 0.461. The second-order valence-electron chi connectivity index (χ2n) is 8.85. The first-order valence-corrected chi connectivity index (χ1v) is 11.8. The topological polar surface area (TPSA) is 50.5 Å². The van der Waals surface area contributed by atoms with Crippen LogP contribution in [-0.2, 0) is 6.42 Å². The Balaban J connectivity index is 1.79. The minimum Gasteiger partial charge on any atom is -0.335 e. The fraction of sp³-hybridized carbons (Fsp3) is 0.458. The van der Waals surface area contributed by atoms with Crippen molar-refractivity contribution < 1.29 is 9.18 Å². The molecule has 1 amide bonds. The zero-order valence-electron chi connectivity index (χ0n) is 18.2. The van der Waals surface area contributed by atoms with E-state index in [2.05, 4.69) is 46.8 Å². The first-order chi connectivity index (χ1) is 14.8. The molecule has 0 N–H and O–H groups in total. The van der Waals surface area contributed by atoms with Gasteiger partial charge in [-0.2, -0.15) is 5.10 Å². The molecule has 0 bridgehead atoms. The lowest BCUT2D eigenvalue weighted by Gasteiger charge is -2.27.